The second-order valence-electron chi connectivity index (χ2n) is 9.28. The lowest BCUT2D eigenvalue weighted by atomic mass is 9.94. The van der Waals surface area contributed by atoms with Crippen molar-refractivity contribution < 1.29 is 42.1 Å². The average molecular weight is 523 g/mol. The molecule has 1 saturated heterocycles. The van der Waals surface area contributed by atoms with Crippen molar-refractivity contribution >= 4 is 17.6 Å². The van der Waals surface area contributed by atoms with Gasteiger partial charge < -0.3 is 25.2 Å². The molecule has 0 aromatic heterocycles. The monoisotopic (exact) mass is 522 g/mol. The van der Waals surface area contributed by atoms with Crippen LogP contribution in [-0.4, -0.2) is 65.9 Å². The number of aliphatic hydroxyl groups is 1. The van der Waals surface area contributed by atoms with Crippen LogP contribution in [0.5, 0.6) is 5.75 Å². The molecule has 1 aliphatic rings. The van der Waals surface area contributed by atoms with Crippen molar-refractivity contribution in [3.63, 3.8) is 0 Å². The molecule has 0 saturated carbocycles. The topological polar surface area (TPSA) is 117 Å². The molecular formula is C26H29F3N2O6. The largest absolute Gasteiger partial charge is 0.497 e. The van der Waals surface area contributed by atoms with Gasteiger partial charge in [-0.2, -0.15) is 13.2 Å². The second-order valence-corrected chi connectivity index (χ2v) is 9.28. The van der Waals surface area contributed by atoms with E-state index >= 15 is 0 Å². The Balaban J connectivity index is 1.86. The van der Waals surface area contributed by atoms with Crippen LogP contribution in [0.4, 0.5) is 13.2 Å². The summed E-state index contributed by atoms with van der Waals surface area (Å²) in [6.07, 6.45) is -5.38. The van der Waals surface area contributed by atoms with Crippen LogP contribution in [-0.2, 0) is 32.0 Å². The molecule has 11 heteroatoms. The highest BCUT2D eigenvalue weighted by molar-refractivity contribution is 5.98. The van der Waals surface area contributed by atoms with Crippen molar-refractivity contribution in [2.45, 2.75) is 56.2 Å². The van der Waals surface area contributed by atoms with Gasteiger partial charge in [0.25, 0.3) is 5.91 Å². The molecule has 3 rings (SSSR count). The van der Waals surface area contributed by atoms with Gasteiger partial charge >= 0.3 is 6.18 Å². The highest BCUT2D eigenvalue weighted by atomic mass is 19.4. The fourth-order valence-electron chi connectivity index (χ4n) is 3.58. The third-order valence-electron chi connectivity index (χ3n) is 6.23. The minimum Gasteiger partial charge on any atom is -0.497 e. The Hall–Kier alpha value is -3.44. The van der Waals surface area contributed by atoms with Crippen LogP contribution in [0, 0.1) is 0 Å². The zero-order chi connectivity index (χ0) is 27.4. The summed E-state index contributed by atoms with van der Waals surface area (Å²) in [6, 6.07) is 12.6. The molecule has 0 aliphatic carbocycles. The highest BCUT2D eigenvalue weighted by Gasteiger charge is 2.56. The Morgan fingerprint density at radius 3 is 2.05 bits per heavy atom. The van der Waals surface area contributed by atoms with E-state index in [9.17, 15) is 32.7 Å². The standard InChI is InChI=1S/C26H29F3N2O6/c1-24(15-37-24)21(32)19(13-16-7-5-4-6-8-16)30-22(33)20(14-17-9-11-18(36-3)12-10-17)31-23(34)25(2,35)26(27,28)29/h4-12,19-20,35H,13-15H2,1-3H3,(H,30,33)(H,31,34)/t19-,20-,24-,25+/m0/s1. The molecule has 1 fully saturated rings. The summed E-state index contributed by atoms with van der Waals surface area (Å²) in [7, 11) is 1.46. The summed E-state index contributed by atoms with van der Waals surface area (Å²) < 4.78 is 50.1. The number of halogens is 3. The van der Waals surface area contributed by atoms with Crippen molar-refractivity contribution in [1.82, 2.24) is 10.6 Å². The van der Waals surface area contributed by atoms with Crippen molar-refractivity contribution in [3.05, 3.63) is 65.7 Å². The van der Waals surface area contributed by atoms with Crippen LogP contribution in [0.25, 0.3) is 0 Å². The quantitative estimate of drug-likeness (QED) is 0.390. The SMILES string of the molecule is COc1ccc(C[C@H](NC(=O)[C@@](C)(O)C(F)(F)F)C(=O)N[C@@H](Cc2ccccc2)C(=O)[C@]2(C)CO2)cc1. The first kappa shape index (κ1) is 28.1. The summed E-state index contributed by atoms with van der Waals surface area (Å²) in [5, 5.41) is 14.4. The van der Waals surface area contributed by atoms with Crippen molar-refractivity contribution in [2.24, 2.45) is 0 Å². The third-order valence-corrected chi connectivity index (χ3v) is 6.23. The number of hydrogen-bond donors (Lipinski definition) is 3. The number of hydrogen-bond acceptors (Lipinski definition) is 6. The summed E-state index contributed by atoms with van der Waals surface area (Å²) in [5.74, 6) is -2.57. The predicted molar refractivity (Wildman–Crippen MR) is 127 cm³/mol. The van der Waals surface area contributed by atoms with Gasteiger partial charge in [0.05, 0.1) is 19.8 Å². The van der Waals surface area contributed by atoms with Gasteiger partial charge in [-0.05, 0) is 43.5 Å². The van der Waals surface area contributed by atoms with Crippen molar-refractivity contribution in [3.8, 4) is 5.75 Å². The number of epoxide rings is 1. The van der Waals surface area contributed by atoms with E-state index in [0.717, 1.165) is 5.56 Å². The number of amides is 2. The van der Waals surface area contributed by atoms with Crippen LogP contribution < -0.4 is 15.4 Å². The van der Waals surface area contributed by atoms with E-state index in [1.807, 2.05) is 5.32 Å². The number of ether oxygens (including phenoxy) is 2. The number of rotatable bonds is 11. The molecule has 1 heterocycles. The van der Waals surface area contributed by atoms with Gasteiger partial charge in [-0.3, -0.25) is 14.4 Å². The molecule has 0 bridgehead atoms. The first-order chi connectivity index (χ1) is 17.3. The van der Waals surface area contributed by atoms with Gasteiger partial charge in [0, 0.05) is 6.42 Å². The molecule has 8 nitrogen and oxygen atoms in total. The summed E-state index contributed by atoms with van der Waals surface area (Å²) >= 11 is 0. The van der Waals surface area contributed by atoms with Crippen molar-refractivity contribution in [2.75, 3.05) is 13.7 Å². The van der Waals surface area contributed by atoms with Crippen LogP contribution in [0.1, 0.15) is 25.0 Å². The smallest absolute Gasteiger partial charge is 0.426 e. The molecule has 1 aliphatic heterocycles. The zero-order valence-corrected chi connectivity index (χ0v) is 20.6. The number of alkyl halides is 3. The maximum Gasteiger partial charge on any atom is 0.426 e. The molecule has 37 heavy (non-hydrogen) atoms. The van der Waals surface area contributed by atoms with Crippen LogP contribution in [0.3, 0.4) is 0 Å². The van der Waals surface area contributed by atoms with E-state index in [4.69, 9.17) is 9.47 Å². The van der Waals surface area contributed by atoms with Gasteiger partial charge in [0.15, 0.2) is 5.78 Å². The lowest BCUT2D eigenvalue weighted by Gasteiger charge is -2.29. The van der Waals surface area contributed by atoms with Crippen LogP contribution in [0.15, 0.2) is 54.6 Å². The Labute approximate surface area is 212 Å². The molecule has 0 radical (unpaired) electrons. The van der Waals surface area contributed by atoms with Gasteiger partial charge in [-0.1, -0.05) is 42.5 Å². The van der Waals surface area contributed by atoms with Gasteiger partial charge in [0.1, 0.15) is 17.4 Å². The van der Waals surface area contributed by atoms with Crippen molar-refractivity contribution in [1.29, 1.82) is 0 Å². The molecule has 200 valence electrons. The second kappa shape index (κ2) is 10.9. The molecular weight excluding hydrogens is 493 g/mol. The highest BCUT2D eigenvalue weighted by Crippen LogP contribution is 2.31. The molecule has 0 unspecified atom stereocenters. The lowest BCUT2D eigenvalue weighted by molar-refractivity contribution is -0.245. The predicted octanol–water partition coefficient (Wildman–Crippen LogP) is 2.12. The maximum atomic E-state index is 13.3. The summed E-state index contributed by atoms with van der Waals surface area (Å²) in [4.78, 5) is 38.9. The molecule has 3 N–H and O–H groups in total. The van der Waals surface area contributed by atoms with E-state index in [0.29, 0.717) is 18.2 Å². The number of carbonyl (C=O) groups is 3. The Bertz CT molecular complexity index is 1120. The minimum atomic E-state index is -5.28. The van der Waals surface area contributed by atoms with Gasteiger partial charge in [-0.15, -0.1) is 0 Å². The first-order valence-corrected chi connectivity index (χ1v) is 11.5. The Morgan fingerprint density at radius 2 is 1.54 bits per heavy atom. The lowest BCUT2D eigenvalue weighted by Crippen LogP contribution is -2.61. The Kier molecular flexibility index (Phi) is 8.28. The fourth-order valence-corrected chi connectivity index (χ4v) is 3.58. The minimum absolute atomic E-state index is 0.105. The van der Waals surface area contributed by atoms with E-state index in [1.54, 1.807) is 61.5 Å². The third kappa shape index (κ3) is 6.86. The van der Waals surface area contributed by atoms with E-state index < -0.39 is 47.1 Å². The van der Waals surface area contributed by atoms with Crippen LogP contribution >= 0.6 is 0 Å². The zero-order valence-electron chi connectivity index (χ0n) is 20.6. The Morgan fingerprint density at radius 1 is 1.00 bits per heavy atom. The molecule has 2 amide bonds. The van der Waals surface area contributed by atoms with Gasteiger partial charge in [0.2, 0.25) is 11.5 Å². The summed E-state index contributed by atoms with van der Waals surface area (Å²) in [5.41, 5.74) is -3.58. The molecule has 4 atom stereocenters. The normalized spacial score (nSPS) is 20.2. The number of nitrogens with one attached hydrogen (secondary N) is 2. The number of ketones is 1. The summed E-state index contributed by atoms with van der Waals surface area (Å²) in [6.45, 7) is 2.06. The van der Waals surface area contributed by atoms with E-state index in [1.165, 1.54) is 7.11 Å². The van der Waals surface area contributed by atoms with E-state index in [2.05, 4.69) is 5.32 Å². The molecule has 2 aromatic rings. The first-order valence-electron chi connectivity index (χ1n) is 11.5. The number of benzene rings is 2. The van der Waals surface area contributed by atoms with Crippen LogP contribution in [0.2, 0.25) is 0 Å². The fraction of sp³-hybridized carbons (Fsp3) is 0.423. The maximum absolute atomic E-state index is 13.3. The molecule has 2 aromatic carbocycles. The number of Topliss-reactive ketones (excluding diaryl/α,β-unsaturated/α-hetero) is 1. The number of methoxy groups -OCH3 is 1. The van der Waals surface area contributed by atoms with E-state index in [-0.39, 0.29) is 19.4 Å². The average Bonchev–Trinajstić information content (AvgIpc) is 3.61. The number of carbonyl (C=O) groups excluding carboxylic acids is 3. The molecule has 0 spiro atoms. The van der Waals surface area contributed by atoms with Gasteiger partial charge in [-0.25, -0.2) is 0 Å².